The SMILES string of the molecule is CCCCCCn1c(SCC(=O)c2c(N)n(Cc3ccccc3)c(=O)n(CC(=O)OC)c2=O)nc2ccccc21. The van der Waals surface area contributed by atoms with Gasteiger partial charge in [-0.15, -0.1) is 0 Å². The number of para-hydroxylation sites is 2. The van der Waals surface area contributed by atoms with Crippen LogP contribution in [0.1, 0.15) is 48.5 Å². The van der Waals surface area contributed by atoms with Crippen LogP contribution in [0.25, 0.3) is 11.0 Å². The second-order valence-electron chi connectivity index (χ2n) is 9.39. The van der Waals surface area contributed by atoms with Gasteiger partial charge >= 0.3 is 11.7 Å². The largest absolute Gasteiger partial charge is 0.468 e. The zero-order valence-corrected chi connectivity index (χ0v) is 23.5. The molecular formula is C29H33N5O5S. The predicted molar refractivity (Wildman–Crippen MR) is 156 cm³/mol. The quantitative estimate of drug-likeness (QED) is 0.113. The van der Waals surface area contributed by atoms with Crippen LogP contribution in [0.2, 0.25) is 0 Å². The molecule has 2 heterocycles. The predicted octanol–water partition coefficient (Wildman–Crippen LogP) is 3.72. The molecule has 11 heteroatoms. The number of aromatic nitrogens is 4. The fourth-order valence-electron chi connectivity index (χ4n) is 4.51. The van der Waals surface area contributed by atoms with Gasteiger partial charge in [0.15, 0.2) is 10.9 Å². The van der Waals surface area contributed by atoms with Gasteiger partial charge in [0.25, 0.3) is 5.56 Å². The molecule has 0 saturated heterocycles. The number of nitrogens with two attached hydrogens (primary N) is 1. The van der Waals surface area contributed by atoms with Crippen molar-refractivity contribution in [2.75, 3.05) is 18.6 Å². The van der Waals surface area contributed by atoms with E-state index in [4.69, 9.17) is 10.7 Å². The Kier molecular flexibility index (Phi) is 9.60. The van der Waals surface area contributed by atoms with Gasteiger partial charge in [0.2, 0.25) is 0 Å². The van der Waals surface area contributed by atoms with Crippen LogP contribution in [-0.2, 0) is 29.2 Å². The lowest BCUT2D eigenvalue weighted by Crippen LogP contribution is -2.45. The number of hydrogen-bond acceptors (Lipinski definition) is 8. The molecule has 210 valence electrons. The fraction of sp³-hybridized carbons (Fsp3) is 0.345. The van der Waals surface area contributed by atoms with Crippen molar-refractivity contribution < 1.29 is 14.3 Å². The number of carbonyl (C=O) groups excluding carboxylic acids is 2. The van der Waals surface area contributed by atoms with Gasteiger partial charge in [0.05, 0.1) is 30.4 Å². The lowest BCUT2D eigenvalue weighted by Gasteiger charge is -2.16. The normalized spacial score (nSPS) is 11.2. The Hall–Kier alpha value is -4.12. The highest BCUT2D eigenvalue weighted by Gasteiger charge is 2.25. The first-order valence-electron chi connectivity index (χ1n) is 13.2. The van der Waals surface area contributed by atoms with E-state index in [-0.39, 0.29) is 23.7 Å². The molecule has 40 heavy (non-hydrogen) atoms. The number of unbranched alkanes of at least 4 members (excludes halogenated alkanes) is 3. The van der Waals surface area contributed by atoms with Gasteiger partial charge in [-0.3, -0.25) is 19.0 Å². The molecule has 0 spiro atoms. The number of nitrogen functional groups attached to an aromatic ring is 1. The Labute approximate surface area is 235 Å². The first-order valence-corrected chi connectivity index (χ1v) is 14.2. The second kappa shape index (κ2) is 13.3. The summed E-state index contributed by atoms with van der Waals surface area (Å²) in [5.41, 5.74) is 6.79. The summed E-state index contributed by atoms with van der Waals surface area (Å²) in [5, 5.41) is 0.664. The zero-order chi connectivity index (χ0) is 28.6. The number of ether oxygens (including phenoxy) is 1. The van der Waals surface area contributed by atoms with Crippen LogP contribution in [0.3, 0.4) is 0 Å². The molecule has 2 aromatic heterocycles. The third kappa shape index (κ3) is 6.36. The van der Waals surface area contributed by atoms with Crippen LogP contribution in [0.5, 0.6) is 0 Å². The highest BCUT2D eigenvalue weighted by Crippen LogP contribution is 2.26. The number of fused-ring (bicyclic) bond motifs is 1. The summed E-state index contributed by atoms with van der Waals surface area (Å²) >= 11 is 1.21. The van der Waals surface area contributed by atoms with E-state index in [1.165, 1.54) is 11.8 Å². The number of nitrogens with zero attached hydrogens (tertiary/aromatic N) is 4. The Balaban J connectivity index is 1.68. The van der Waals surface area contributed by atoms with Crippen LogP contribution in [0.4, 0.5) is 5.82 Å². The number of thioether (sulfide) groups is 1. The Bertz CT molecular complexity index is 1620. The zero-order valence-electron chi connectivity index (χ0n) is 22.7. The molecule has 0 aliphatic heterocycles. The number of ketones is 1. The van der Waals surface area contributed by atoms with Crippen LogP contribution >= 0.6 is 11.8 Å². The molecule has 10 nitrogen and oxygen atoms in total. The average molecular weight is 564 g/mol. The van der Waals surface area contributed by atoms with Gasteiger partial charge < -0.3 is 15.0 Å². The van der Waals surface area contributed by atoms with Crippen molar-refractivity contribution in [1.82, 2.24) is 18.7 Å². The number of benzene rings is 2. The number of methoxy groups -OCH3 is 1. The molecule has 2 N–H and O–H groups in total. The Morgan fingerprint density at radius 3 is 2.40 bits per heavy atom. The summed E-state index contributed by atoms with van der Waals surface area (Å²) in [6, 6.07) is 16.8. The van der Waals surface area contributed by atoms with Crippen molar-refractivity contribution >= 4 is 40.4 Å². The molecular weight excluding hydrogens is 530 g/mol. The van der Waals surface area contributed by atoms with Crippen LogP contribution in [0, 0.1) is 0 Å². The van der Waals surface area contributed by atoms with Crippen molar-refractivity contribution in [1.29, 1.82) is 0 Å². The molecule has 4 aromatic rings. The number of hydrogen-bond donors (Lipinski definition) is 1. The smallest absolute Gasteiger partial charge is 0.333 e. The van der Waals surface area contributed by atoms with Gasteiger partial charge in [-0.25, -0.2) is 14.3 Å². The highest BCUT2D eigenvalue weighted by molar-refractivity contribution is 7.99. The van der Waals surface area contributed by atoms with Crippen molar-refractivity contribution in [2.24, 2.45) is 0 Å². The van der Waals surface area contributed by atoms with E-state index in [1.54, 1.807) is 24.3 Å². The standard InChI is InChI=1S/C29H33N5O5S/c1-3-4-5-11-16-32-22-15-10-9-14-21(22)31-28(32)40-19-23(35)25-26(30)33(17-20-12-7-6-8-13-20)29(38)34(27(25)37)18-24(36)39-2/h6-10,12-15H,3-5,11,16-19,30H2,1-2H3. The molecule has 2 aromatic carbocycles. The molecule has 0 radical (unpaired) electrons. The lowest BCUT2D eigenvalue weighted by atomic mass is 10.2. The van der Waals surface area contributed by atoms with Crippen LogP contribution in [-0.4, -0.2) is 43.3 Å². The number of rotatable bonds is 13. The number of anilines is 1. The summed E-state index contributed by atoms with van der Waals surface area (Å²) in [6.45, 7) is 2.30. The number of aryl methyl sites for hydroxylation is 1. The summed E-state index contributed by atoms with van der Waals surface area (Å²) < 4.78 is 8.60. The van der Waals surface area contributed by atoms with Crippen molar-refractivity contribution in [3.8, 4) is 0 Å². The van der Waals surface area contributed by atoms with E-state index in [1.807, 2.05) is 30.3 Å². The number of esters is 1. The van der Waals surface area contributed by atoms with Gasteiger partial charge in [-0.05, 0) is 24.1 Å². The Morgan fingerprint density at radius 2 is 1.68 bits per heavy atom. The number of imidazole rings is 1. The highest BCUT2D eigenvalue weighted by atomic mass is 32.2. The van der Waals surface area contributed by atoms with Crippen molar-refractivity contribution in [2.45, 2.75) is 57.4 Å². The molecule has 0 unspecified atom stereocenters. The molecule has 0 fully saturated rings. The summed E-state index contributed by atoms with van der Waals surface area (Å²) in [6.07, 6.45) is 4.34. The van der Waals surface area contributed by atoms with Gasteiger partial charge in [0, 0.05) is 6.54 Å². The van der Waals surface area contributed by atoms with E-state index in [9.17, 15) is 19.2 Å². The van der Waals surface area contributed by atoms with E-state index in [0.29, 0.717) is 9.72 Å². The van der Waals surface area contributed by atoms with E-state index in [0.717, 1.165) is 60.5 Å². The molecule has 0 aliphatic carbocycles. The molecule has 0 saturated carbocycles. The van der Waals surface area contributed by atoms with Gasteiger partial charge in [0.1, 0.15) is 17.9 Å². The Morgan fingerprint density at radius 1 is 0.950 bits per heavy atom. The lowest BCUT2D eigenvalue weighted by molar-refractivity contribution is -0.141. The topological polar surface area (TPSA) is 131 Å². The van der Waals surface area contributed by atoms with E-state index >= 15 is 0 Å². The van der Waals surface area contributed by atoms with Crippen LogP contribution in [0.15, 0.2) is 69.3 Å². The van der Waals surface area contributed by atoms with E-state index in [2.05, 4.69) is 16.2 Å². The maximum atomic E-state index is 13.5. The van der Waals surface area contributed by atoms with Crippen molar-refractivity contribution in [3.05, 3.63) is 86.6 Å². The maximum Gasteiger partial charge on any atom is 0.333 e. The molecule has 0 amide bonds. The third-order valence-corrected chi connectivity index (χ3v) is 7.61. The minimum absolute atomic E-state index is 0.0218. The van der Waals surface area contributed by atoms with Gasteiger partial charge in [-0.1, -0.05) is 80.4 Å². The molecule has 0 aliphatic rings. The second-order valence-corrected chi connectivity index (χ2v) is 10.3. The van der Waals surface area contributed by atoms with Crippen LogP contribution < -0.4 is 17.0 Å². The first kappa shape index (κ1) is 28.9. The first-order chi connectivity index (χ1) is 19.3. The number of Topliss-reactive ketones (excluding diaryl/α,β-unsaturated/α-hetero) is 1. The van der Waals surface area contributed by atoms with Gasteiger partial charge in [-0.2, -0.15) is 0 Å². The maximum absolute atomic E-state index is 13.5. The molecule has 0 bridgehead atoms. The fourth-order valence-corrected chi connectivity index (χ4v) is 5.42. The van der Waals surface area contributed by atoms with E-state index < -0.39 is 29.5 Å². The summed E-state index contributed by atoms with van der Waals surface area (Å²) in [7, 11) is 1.16. The number of carbonyl (C=O) groups is 2. The summed E-state index contributed by atoms with van der Waals surface area (Å²) in [4.78, 5) is 56.8. The molecule has 4 rings (SSSR count). The minimum atomic E-state index is -0.920. The summed E-state index contributed by atoms with van der Waals surface area (Å²) in [5.74, 6) is -1.71. The third-order valence-electron chi connectivity index (χ3n) is 6.63. The minimum Gasteiger partial charge on any atom is -0.468 e. The average Bonchev–Trinajstić information content (AvgIpc) is 3.32. The monoisotopic (exact) mass is 563 g/mol. The van der Waals surface area contributed by atoms with Crippen molar-refractivity contribution in [3.63, 3.8) is 0 Å². The molecule has 0 atom stereocenters.